The molecule has 0 aromatic heterocycles. The van der Waals surface area contributed by atoms with E-state index in [1.165, 1.54) is 13.8 Å². The lowest BCUT2D eigenvalue weighted by atomic mass is 10.1. The monoisotopic (exact) mass is 467 g/mol. The van der Waals surface area contributed by atoms with Gasteiger partial charge in [-0.05, 0) is 42.0 Å². The Bertz CT molecular complexity index is 1110. The van der Waals surface area contributed by atoms with Crippen LogP contribution >= 0.6 is 11.8 Å². The number of halogens is 2. The number of alkyl halides is 2. The van der Waals surface area contributed by atoms with Crippen molar-refractivity contribution in [3.63, 3.8) is 0 Å². The molecule has 33 heavy (non-hydrogen) atoms. The van der Waals surface area contributed by atoms with Crippen LogP contribution in [0.1, 0.15) is 31.1 Å². The van der Waals surface area contributed by atoms with Crippen molar-refractivity contribution in [1.29, 1.82) is 5.26 Å². The summed E-state index contributed by atoms with van der Waals surface area (Å²) in [5.41, 5.74) is 1.09. The van der Waals surface area contributed by atoms with E-state index in [0.29, 0.717) is 39.3 Å². The van der Waals surface area contributed by atoms with Gasteiger partial charge in [0.2, 0.25) is 6.10 Å². The number of carbonyl (C=O) groups excluding carboxylic acids is 1. The molecule has 170 valence electrons. The second-order valence-electron chi connectivity index (χ2n) is 7.63. The molecule has 7 heteroatoms. The normalized spacial score (nSPS) is 12.1. The van der Waals surface area contributed by atoms with Crippen LogP contribution in [0.3, 0.4) is 0 Å². The summed E-state index contributed by atoms with van der Waals surface area (Å²) in [7, 11) is 0. The molecule has 4 nitrogen and oxygen atoms in total. The number of carbonyl (C=O) groups is 1. The zero-order valence-electron chi connectivity index (χ0n) is 18.2. The molecule has 0 fully saturated rings. The van der Waals surface area contributed by atoms with Gasteiger partial charge in [0.1, 0.15) is 17.6 Å². The zero-order valence-corrected chi connectivity index (χ0v) is 19.0. The van der Waals surface area contributed by atoms with E-state index in [9.17, 15) is 18.8 Å². The number of thioether (sulfide) groups is 1. The number of benzene rings is 3. The van der Waals surface area contributed by atoms with E-state index in [1.54, 1.807) is 48.5 Å². The maximum Gasteiger partial charge on any atom is 0.311 e. The van der Waals surface area contributed by atoms with Crippen LogP contribution in [0, 0.1) is 17.2 Å². The summed E-state index contributed by atoms with van der Waals surface area (Å²) < 4.78 is 38.9. The highest BCUT2D eigenvalue weighted by molar-refractivity contribution is 8.00. The summed E-state index contributed by atoms with van der Waals surface area (Å²) in [6, 6.07) is 24.3. The minimum atomic E-state index is -2.88. The molecular weight excluding hydrogens is 444 g/mol. The van der Waals surface area contributed by atoms with Crippen molar-refractivity contribution in [2.75, 3.05) is 0 Å². The topological polar surface area (TPSA) is 59.3 Å². The number of esters is 1. The van der Waals surface area contributed by atoms with Gasteiger partial charge in [0.25, 0.3) is 5.25 Å². The Labute approximate surface area is 196 Å². The molecule has 1 atom stereocenters. The largest absolute Gasteiger partial charge is 0.457 e. The van der Waals surface area contributed by atoms with Crippen molar-refractivity contribution in [3.8, 4) is 17.6 Å². The molecule has 0 aliphatic heterocycles. The van der Waals surface area contributed by atoms with E-state index in [1.807, 2.05) is 36.4 Å². The van der Waals surface area contributed by atoms with Crippen molar-refractivity contribution in [2.24, 2.45) is 5.92 Å². The molecule has 0 N–H and O–H groups in total. The van der Waals surface area contributed by atoms with E-state index in [0.717, 1.165) is 0 Å². The number of nitriles is 1. The van der Waals surface area contributed by atoms with Gasteiger partial charge in [-0.25, -0.2) is 0 Å². The molecule has 3 aromatic carbocycles. The summed E-state index contributed by atoms with van der Waals surface area (Å²) >= 11 is 0.490. The molecule has 0 amide bonds. The standard InChI is InChI=1S/C26H23F2NO3S/c1-18(2)26(27,28)33-23-13-11-19(12-14-23)15-25(30)32-24(17-29)20-7-6-10-22(16-20)31-21-8-4-3-5-9-21/h3-14,16,18,24H,15H2,1-2H3. The Morgan fingerprint density at radius 2 is 1.67 bits per heavy atom. The first-order valence-corrected chi connectivity index (χ1v) is 11.2. The Kier molecular flexibility index (Phi) is 8.07. The van der Waals surface area contributed by atoms with Gasteiger partial charge in [0.05, 0.1) is 6.42 Å². The van der Waals surface area contributed by atoms with Gasteiger partial charge in [-0.2, -0.15) is 14.0 Å². The van der Waals surface area contributed by atoms with Gasteiger partial charge in [0, 0.05) is 16.4 Å². The Morgan fingerprint density at radius 1 is 1.00 bits per heavy atom. The number of nitrogens with zero attached hydrogens (tertiary/aromatic N) is 1. The highest BCUT2D eigenvalue weighted by Crippen LogP contribution is 2.41. The number of ether oxygens (including phenoxy) is 2. The first-order valence-electron chi connectivity index (χ1n) is 10.3. The fraction of sp³-hybridized carbons (Fsp3) is 0.231. The maximum absolute atomic E-state index is 13.9. The summed E-state index contributed by atoms with van der Waals surface area (Å²) in [5.74, 6) is -0.227. The summed E-state index contributed by atoms with van der Waals surface area (Å²) in [5, 5.41) is 6.65. The second kappa shape index (κ2) is 11.0. The van der Waals surface area contributed by atoms with Crippen LogP contribution in [-0.2, 0) is 16.0 Å². The van der Waals surface area contributed by atoms with E-state index in [4.69, 9.17) is 9.47 Å². The fourth-order valence-electron chi connectivity index (χ4n) is 2.82. The van der Waals surface area contributed by atoms with Crippen LogP contribution in [0.4, 0.5) is 8.78 Å². The molecule has 0 aliphatic rings. The average molecular weight is 468 g/mol. The molecule has 3 aromatic rings. The van der Waals surface area contributed by atoms with Gasteiger partial charge in [-0.3, -0.25) is 4.79 Å². The number of hydrogen-bond donors (Lipinski definition) is 0. The van der Waals surface area contributed by atoms with Crippen LogP contribution < -0.4 is 4.74 Å². The van der Waals surface area contributed by atoms with Crippen molar-refractivity contribution in [2.45, 2.75) is 36.5 Å². The van der Waals surface area contributed by atoms with Gasteiger partial charge in [-0.1, -0.05) is 68.1 Å². The lowest BCUT2D eigenvalue weighted by molar-refractivity contribution is -0.146. The summed E-state index contributed by atoms with van der Waals surface area (Å²) in [6.07, 6.45) is -1.18. The van der Waals surface area contributed by atoms with Crippen molar-refractivity contribution >= 4 is 17.7 Å². The second-order valence-corrected chi connectivity index (χ2v) is 8.85. The van der Waals surface area contributed by atoms with Crippen LogP contribution in [0.15, 0.2) is 83.8 Å². The van der Waals surface area contributed by atoms with Crippen molar-refractivity contribution < 1.29 is 23.0 Å². The van der Waals surface area contributed by atoms with Crippen LogP contribution in [-0.4, -0.2) is 11.2 Å². The zero-order chi connectivity index (χ0) is 23.8. The molecule has 3 rings (SSSR count). The summed E-state index contributed by atoms with van der Waals surface area (Å²) in [4.78, 5) is 12.8. The predicted molar refractivity (Wildman–Crippen MR) is 123 cm³/mol. The van der Waals surface area contributed by atoms with Gasteiger partial charge < -0.3 is 9.47 Å². The van der Waals surface area contributed by atoms with Gasteiger partial charge in [-0.15, -0.1) is 0 Å². The van der Waals surface area contributed by atoms with Crippen molar-refractivity contribution in [1.82, 2.24) is 0 Å². The first-order chi connectivity index (χ1) is 15.8. The van der Waals surface area contributed by atoms with E-state index in [2.05, 4.69) is 0 Å². The smallest absolute Gasteiger partial charge is 0.311 e. The molecule has 1 unspecified atom stereocenters. The lowest BCUT2D eigenvalue weighted by Crippen LogP contribution is -2.18. The third-order valence-electron chi connectivity index (χ3n) is 4.70. The molecule has 0 spiro atoms. The SMILES string of the molecule is CC(C)C(F)(F)Sc1ccc(CC(=O)OC(C#N)c2cccc(Oc3ccccc3)c2)cc1. The minimum Gasteiger partial charge on any atom is -0.457 e. The Morgan fingerprint density at radius 3 is 2.30 bits per heavy atom. The molecular formula is C26H23F2NO3S. The van der Waals surface area contributed by atoms with Crippen LogP contribution in [0.2, 0.25) is 0 Å². The molecule has 0 aliphatic carbocycles. The Balaban J connectivity index is 1.61. The van der Waals surface area contributed by atoms with Gasteiger partial charge >= 0.3 is 5.97 Å². The van der Waals surface area contributed by atoms with Crippen LogP contribution in [0.25, 0.3) is 0 Å². The molecule has 0 saturated carbocycles. The van der Waals surface area contributed by atoms with E-state index in [-0.39, 0.29) is 6.42 Å². The maximum atomic E-state index is 13.9. The lowest BCUT2D eigenvalue weighted by Gasteiger charge is -2.19. The van der Waals surface area contributed by atoms with E-state index >= 15 is 0 Å². The minimum absolute atomic E-state index is 0.0795. The first kappa shape index (κ1) is 24.3. The Hall–Kier alpha value is -3.37. The van der Waals surface area contributed by atoms with Gasteiger partial charge in [0.15, 0.2) is 0 Å². The van der Waals surface area contributed by atoms with Crippen LogP contribution in [0.5, 0.6) is 11.5 Å². The highest BCUT2D eigenvalue weighted by atomic mass is 32.2. The summed E-state index contributed by atoms with van der Waals surface area (Å²) in [6.45, 7) is 2.93. The quantitative estimate of drug-likeness (QED) is 0.247. The molecule has 0 radical (unpaired) electrons. The number of para-hydroxylation sites is 1. The average Bonchev–Trinajstić information content (AvgIpc) is 2.79. The molecule has 0 saturated heterocycles. The highest BCUT2D eigenvalue weighted by Gasteiger charge is 2.34. The molecule has 0 bridgehead atoms. The fourth-order valence-corrected chi connectivity index (χ4v) is 3.65. The third kappa shape index (κ3) is 7.06. The number of hydrogen-bond acceptors (Lipinski definition) is 5. The van der Waals surface area contributed by atoms with Crippen molar-refractivity contribution in [3.05, 3.63) is 90.0 Å². The number of rotatable bonds is 9. The molecule has 0 heterocycles. The predicted octanol–water partition coefficient (Wildman–Crippen LogP) is 7.17. The third-order valence-corrected chi connectivity index (χ3v) is 5.96. The van der Waals surface area contributed by atoms with E-state index < -0.39 is 23.2 Å².